The maximum Gasteiger partial charge on any atom is 0.410 e. The fourth-order valence-corrected chi connectivity index (χ4v) is 1.99. The van der Waals surface area contributed by atoms with Crippen molar-refractivity contribution in [2.75, 3.05) is 13.1 Å². The van der Waals surface area contributed by atoms with E-state index in [9.17, 15) is 9.59 Å². The largest absolute Gasteiger partial charge is 0.478 e. The number of carbonyl (C=O) groups is 2. The van der Waals surface area contributed by atoms with Crippen LogP contribution < -0.4 is 5.32 Å². The lowest BCUT2D eigenvalue weighted by Gasteiger charge is -2.27. The van der Waals surface area contributed by atoms with Crippen molar-refractivity contribution >= 4 is 18.3 Å². The molecular weight excluding hydrogens is 262 g/mol. The van der Waals surface area contributed by atoms with Crippen molar-refractivity contribution in [3.8, 4) is 0 Å². The average molecular weight is 281 g/mol. The van der Waals surface area contributed by atoms with Gasteiger partial charge in [0.15, 0.2) is 0 Å². The lowest BCUT2D eigenvalue weighted by Crippen LogP contribution is -2.49. The van der Waals surface area contributed by atoms with Crippen molar-refractivity contribution in [3.63, 3.8) is 0 Å². The lowest BCUT2D eigenvalue weighted by atomic mass is 10.1. The third-order valence-electron chi connectivity index (χ3n) is 3.04. The Balaban J connectivity index is 2.05. The van der Waals surface area contributed by atoms with Crippen LogP contribution in [0.3, 0.4) is 0 Å². The molecule has 0 aliphatic carbocycles. The van der Waals surface area contributed by atoms with Crippen LogP contribution in [0.5, 0.6) is 0 Å². The second-order valence-electron chi connectivity index (χ2n) is 6.10. The Morgan fingerprint density at radius 1 is 1.45 bits per heavy atom. The maximum absolute atomic E-state index is 12.0. The Morgan fingerprint density at radius 3 is 2.65 bits per heavy atom. The number of rotatable bonds is 1. The van der Waals surface area contributed by atoms with E-state index in [0.29, 0.717) is 18.8 Å². The van der Waals surface area contributed by atoms with Gasteiger partial charge in [-0.2, -0.15) is 0 Å². The van der Waals surface area contributed by atoms with Gasteiger partial charge >= 0.3 is 12.1 Å². The number of carboxylic acid groups (broad SMARTS) is 1. The number of hydrogen-bond acceptors (Lipinski definition) is 5. The zero-order valence-electron chi connectivity index (χ0n) is 12.1. The highest BCUT2D eigenvalue weighted by Gasteiger charge is 2.39. The topological polar surface area (TPSA) is 91.2 Å². The van der Waals surface area contributed by atoms with Crippen LogP contribution in [0, 0.1) is 0 Å². The van der Waals surface area contributed by atoms with Gasteiger partial charge in [-0.1, -0.05) is 0 Å². The van der Waals surface area contributed by atoms with Crippen molar-refractivity contribution in [2.45, 2.75) is 39.0 Å². The van der Waals surface area contributed by atoms with E-state index in [-0.39, 0.29) is 0 Å². The van der Waals surface area contributed by atoms with E-state index in [0.717, 1.165) is 5.57 Å². The molecule has 0 spiro atoms. The number of aliphatic imine (C=N–C) groups is 1. The van der Waals surface area contributed by atoms with Crippen molar-refractivity contribution in [1.82, 2.24) is 10.2 Å². The van der Waals surface area contributed by atoms with Crippen molar-refractivity contribution in [3.05, 3.63) is 11.3 Å². The molecule has 2 rings (SSSR count). The Labute approximate surface area is 117 Å². The van der Waals surface area contributed by atoms with Crippen LogP contribution in [0.4, 0.5) is 4.79 Å². The van der Waals surface area contributed by atoms with Crippen molar-refractivity contribution < 1.29 is 19.4 Å². The van der Waals surface area contributed by atoms with Crippen LogP contribution in [0.25, 0.3) is 0 Å². The van der Waals surface area contributed by atoms with E-state index in [1.807, 2.05) is 0 Å². The minimum Gasteiger partial charge on any atom is -0.478 e. The minimum absolute atomic E-state index is 0.305. The van der Waals surface area contributed by atoms with Gasteiger partial charge in [-0.25, -0.2) is 9.59 Å². The van der Waals surface area contributed by atoms with Gasteiger partial charge in [0.25, 0.3) is 0 Å². The summed E-state index contributed by atoms with van der Waals surface area (Å²) in [5.41, 5.74) is -0.412. The monoisotopic (exact) mass is 281 g/mol. The highest BCUT2D eigenvalue weighted by Crippen LogP contribution is 2.24. The van der Waals surface area contributed by atoms with Crippen molar-refractivity contribution in [1.29, 1.82) is 0 Å². The number of nitrogens with zero attached hydrogens (tertiary/aromatic N) is 2. The molecule has 2 aliphatic rings. The molecule has 1 unspecified atom stereocenters. The number of carbonyl (C=O) groups excluding carboxylic acids is 1. The first-order valence-corrected chi connectivity index (χ1v) is 6.37. The standard InChI is InChI=1S/C13H19N3O4/c1-12(2,3)20-11(19)16-6-8-5-14-13(4,10(17)18)15-9(8)7-16/h5,15H,6-7H2,1-4H3,(H,17,18). The summed E-state index contributed by atoms with van der Waals surface area (Å²) in [5, 5.41) is 12.0. The molecule has 2 N–H and O–H groups in total. The molecule has 2 heterocycles. The summed E-state index contributed by atoms with van der Waals surface area (Å²) >= 11 is 0. The third-order valence-corrected chi connectivity index (χ3v) is 3.04. The van der Waals surface area contributed by atoms with E-state index in [1.165, 1.54) is 18.0 Å². The highest BCUT2D eigenvalue weighted by molar-refractivity contribution is 5.90. The van der Waals surface area contributed by atoms with Gasteiger partial charge in [-0.3, -0.25) is 9.89 Å². The molecule has 20 heavy (non-hydrogen) atoms. The molecule has 0 bridgehead atoms. The van der Waals surface area contributed by atoms with Crippen LogP contribution in [0.15, 0.2) is 16.3 Å². The number of nitrogens with one attached hydrogen (secondary N) is 1. The molecule has 0 aromatic carbocycles. The molecular formula is C13H19N3O4. The molecule has 7 heteroatoms. The molecule has 0 saturated carbocycles. The molecule has 0 saturated heterocycles. The van der Waals surface area contributed by atoms with E-state index in [1.54, 1.807) is 20.8 Å². The first-order chi connectivity index (χ1) is 9.11. The Bertz CT molecular complexity index is 518. The second kappa shape index (κ2) is 4.50. The van der Waals surface area contributed by atoms with E-state index >= 15 is 0 Å². The molecule has 7 nitrogen and oxygen atoms in total. The predicted octanol–water partition coefficient (Wildman–Crippen LogP) is 0.966. The summed E-state index contributed by atoms with van der Waals surface area (Å²) in [7, 11) is 0. The smallest absolute Gasteiger partial charge is 0.410 e. The van der Waals surface area contributed by atoms with Gasteiger partial charge < -0.3 is 15.2 Å². The zero-order valence-corrected chi connectivity index (χ0v) is 12.1. The summed E-state index contributed by atoms with van der Waals surface area (Å²) in [5.74, 6) is -1.06. The number of aliphatic carboxylic acids is 1. The zero-order chi connectivity index (χ0) is 15.1. The van der Waals surface area contributed by atoms with Gasteiger partial charge in [0, 0.05) is 17.5 Å². The summed E-state index contributed by atoms with van der Waals surface area (Å²) in [6.07, 6.45) is 1.10. The number of amides is 1. The first kappa shape index (κ1) is 14.4. The second-order valence-corrected chi connectivity index (χ2v) is 6.10. The van der Waals surface area contributed by atoms with Crippen LogP contribution in [-0.4, -0.2) is 52.6 Å². The molecule has 0 radical (unpaired) electrons. The predicted molar refractivity (Wildman–Crippen MR) is 72.5 cm³/mol. The van der Waals surface area contributed by atoms with Gasteiger partial charge in [0.05, 0.1) is 13.1 Å². The molecule has 0 aromatic heterocycles. The Kier molecular flexibility index (Phi) is 3.23. The third kappa shape index (κ3) is 2.76. The highest BCUT2D eigenvalue weighted by atomic mass is 16.6. The van der Waals surface area contributed by atoms with Crippen LogP contribution in [0.2, 0.25) is 0 Å². The van der Waals surface area contributed by atoms with Gasteiger partial charge in [0.1, 0.15) is 5.60 Å². The van der Waals surface area contributed by atoms with E-state index in [4.69, 9.17) is 9.84 Å². The fraction of sp³-hybridized carbons (Fsp3) is 0.615. The number of ether oxygens (including phenoxy) is 1. The number of carboxylic acids is 1. The molecule has 110 valence electrons. The summed E-state index contributed by atoms with van der Waals surface area (Å²) < 4.78 is 5.30. The molecule has 0 aromatic rings. The molecule has 0 fully saturated rings. The maximum atomic E-state index is 12.0. The van der Waals surface area contributed by atoms with Crippen LogP contribution in [0.1, 0.15) is 27.7 Å². The summed E-state index contributed by atoms with van der Waals surface area (Å²) in [6, 6.07) is 0. The van der Waals surface area contributed by atoms with E-state index in [2.05, 4.69) is 10.3 Å². The molecule has 1 amide bonds. The minimum atomic E-state index is -1.37. The SMILES string of the molecule is CC(C)(C)OC(=O)N1CC2=C(C1)NC(C)(C(=O)O)N=C2. The van der Waals surface area contributed by atoms with Crippen LogP contribution >= 0.6 is 0 Å². The average Bonchev–Trinajstić information content (AvgIpc) is 2.69. The first-order valence-electron chi connectivity index (χ1n) is 6.37. The summed E-state index contributed by atoms with van der Waals surface area (Å²) in [4.78, 5) is 28.7. The summed E-state index contributed by atoms with van der Waals surface area (Å²) in [6.45, 7) is 7.56. The molecule has 1 atom stereocenters. The van der Waals surface area contributed by atoms with Gasteiger partial charge in [-0.15, -0.1) is 0 Å². The molecule has 2 aliphatic heterocycles. The normalized spacial score (nSPS) is 25.3. The Morgan fingerprint density at radius 2 is 2.10 bits per heavy atom. The Hall–Kier alpha value is -2.05. The van der Waals surface area contributed by atoms with Crippen molar-refractivity contribution in [2.24, 2.45) is 4.99 Å². The van der Waals surface area contributed by atoms with Gasteiger partial charge in [-0.05, 0) is 27.7 Å². The number of hydrogen-bond donors (Lipinski definition) is 2. The lowest BCUT2D eigenvalue weighted by molar-refractivity contribution is -0.143. The van der Waals surface area contributed by atoms with Gasteiger partial charge in [0.2, 0.25) is 5.66 Å². The fourth-order valence-electron chi connectivity index (χ4n) is 1.99. The quantitative estimate of drug-likeness (QED) is 0.747. The van der Waals surface area contributed by atoms with Crippen LogP contribution in [-0.2, 0) is 9.53 Å². The van der Waals surface area contributed by atoms with E-state index < -0.39 is 23.3 Å².